The Kier molecular flexibility index (Phi) is 10.4. The highest BCUT2D eigenvalue weighted by molar-refractivity contribution is 7.97. The zero-order valence-electron chi connectivity index (χ0n) is 15.4. The van der Waals surface area contributed by atoms with Crippen LogP contribution in [-0.4, -0.2) is 36.0 Å². The number of anilines is 2. The Balaban J connectivity index is 0.000000717. The molecule has 2 aromatic rings. The van der Waals surface area contributed by atoms with Crippen molar-refractivity contribution in [2.75, 3.05) is 25.5 Å². The van der Waals surface area contributed by atoms with Gasteiger partial charge >= 0.3 is 6.18 Å². The van der Waals surface area contributed by atoms with E-state index in [4.69, 9.17) is 9.90 Å². The normalized spacial score (nSPS) is 13.6. The second-order valence-corrected chi connectivity index (χ2v) is 6.76. The van der Waals surface area contributed by atoms with Gasteiger partial charge in [-0.25, -0.2) is 4.31 Å². The molecule has 1 aliphatic heterocycles. The van der Waals surface area contributed by atoms with E-state index in [-0.39, 0.29) is 6.41 Å². The second-order valence-electron chi connectivity index (χ2n) is 5.59. The third-order valence-corrected chi connectivity index (χ3v) is 4.76. The van der Waals surface area contributed by atoms with Crippen molar-refractivity contribution in [1.29, 1.82) is 0 Å². The van der Waals surface area contributed by atoms with Gasteiger partial charge in [-0.2, -0.15) is 13.2 Å². The van der Waals surface area contributed by atoms with Crippen LogP contribution in [0.3, 0.4) is 0 Å². The smallest absolute Gasteiger partial charge is 0.400 e. The monoisotopic (exact) mass is 415 g/mol. The molecule has 1 amide bonds. The Labute approximate surface area is 166 Å². The van der Waals surface area contributed by atoms with E-state index in [1.165, 1.54) is 29.9 Å². The summed E-state index contributed by atoms with van der Waals surface area (Å²) in [7, 11) is 1.00. The van der Waals surface area contributed by atoms with Crippen LogP contribution in [0.5, 0.6) is 0 Å². The maximum absolute atomic E-state index is 12.5. The van der Waals surface area contributed by atoms with E-state index >= 15 is 0 Å². The number of nitrogens with one attached hydrogen (secondary N) is 1. The number of hydrogen-bond donors (Lipinski definition) is 3. The van der Waals surface area contributed by atoms with E-state index in [2.05, 4.69) is 15.4 Å². The van der Waals surface area contributed by atoms with Crippen LogP contribution in [-0.2, 0) is 11.0 Å². The molecular formula is C19H24F3N3O2S. The van der Waals surface area contributed by atoms with Gasteiger partial charge in [-0.1, -0.05) is 0 Å². The maximum Gasteiger partial charge on any atom is 0.416 e. The van der Waals surface area contributed by atoms with Crippen LogP contribution in [0.1, 0.15) is 18.4 Å². The molecule has 1 aliphatic rings. The average Bonchev–Trinajstić information content (AvgIpc) is 3.18. The molecule has 154 valence electrons. The number of carbonyl (C=O) groups is 1. The van der Waals surface area contributed by atoms with Gasteiger partial charge in [-0.15, -0.1) is 0 Å². The van der Waals surface area contributed by atoms with E-state index in [1.807, 2.05) is 24.3 Å². The molecule has 0 atom stereocenters. The molecule has 0 aromatic heterocycles. The first kappa shape index (κ1) is 23.8. The van der Waals surface area contributed by atoms with Gasteiger partial charge < -0.3 is 16.2 Å². The number of benzene rings is 2. The quantitative estimate of drug-likeness (QED) is 0.514. The fraction of sp³-hybridized carbons (Fsp3) is 0.316. The third kappa shape index (κ3) is 8.20. The van der Waals surface area contributed by atoms with Crippen LogP contribution in [0, 0.1) is 0 Å². The van der Waals surface area contributed by atoms with Crippen molar-refractivity contribution in [3.05, 3.63) is 54.1 Å². The summed E-state index contributed by atoms with van der Waals surface area (Å²) < 4.78 is 39.9. The van der Waals surface area contributed by atoms with E-state index in [0.29, 0.717) is 5.69 Å². The van der Waals surface area contributed by atoms with Crippen molar-refractivity contribution < 1.29 is 23.1 Å². The number of aliphatic hydroxyl groups is 1. The molecule has 0 aliphatic carbocycles. The highest BCUT2D eigenvalue weighted by Gasteiger charge is 2.29. The van der Waals surface area contributed by atoms with Gasteiger partial charge in [0.15, 0.2) is 0 Å². The van der Waals surface area contributed by atoms with Crippen LogP contribution in [0.25, 0.3) is 0 Å². The summed E-state index contributed by atoms with van der Waals surface area (Å²) in [5.41, 5.74) is 5.02. The lowest BCUT2D eigenvalue weighted by atomic mass is 10.2. The number of alkyl halides is 3. The summed E-state index contributed by atoms with van der Waals surface area (Å²) in [6.45, 7) is 2.24. The van der Waals surface area contributed by atoms with Crippen molar-refractivity contribution in [2.24, 2.45) is 5.73 Å². The number of carbonyl (C=O) groups excluding carboxylic acids is 1. The van der Waals surface area contributed by atoms with E-state index in [1.54, 1.807) is 11.9 Å². The van der Waals surface area contributed by atoms with Crippen molar-refractivity contribution >= 4 is 29.7 Å². The van der Waals surface area contributed by atoms with Gasteiger partial charge in [0.25, 0.3) is 0 Å². The number of rotatable bonds is 4. The van der Waals surface area contributed by atoms with Gasteiger partial charge in [-0.3, -0.25) is 4.79 Å². The van der Waals surface area contributed by atoms with Gasteiger partial charge in [0.2, 0.25) is 6.41 Å². The number of primary amides is 1. The Morgan fingerprint density at radius 2 is 1.43 bits per heavy atom. The summed E-state index contributed by atoms with van der Waals surface area (Å²) in [4.78, 5) is 9.75. The third-order valence-electron chi connectivity index (χ3n) is 3.65. The first-order valence-corrected chi connectivity index (χ1v) is 9.27. The lowest BCUT2D eigenvalue weighted by molar-refractivity contribution is -0.137. The van der Waals surface area contributed by atoms with Crippen molar-refractivity contribution in [3.8, 4) is 0 Å². The van der Waals surface area contributed by atoms with Crippen LogP contribution >= 0.6 is 11.9 Å². The summed E-state index contributed by atoms with van der Waals surface area (Å²) in [5.74, 6) is 0. The number of halogens is 3. The fourth-order valence-corrected chi connectivity index (χ4v) is 3.43. The molecule has 0 bridgehead atoms. The summed E-state index contributed by atoms with van der Waals surface area (Å²) in [6, 6.07) is 13.0. The van der Waals surface area contributed by atoms with E-state index < -0.39 is 11.7 Å². The van der Waals surface area contributed by atoms with E-state index in [9.17, 15) is 13.2 Å². The predicted molar refractivity (Wildman–Crippen MR) is 106 cm³/mol. The molecule has 1 heterocycles. The minimum absolute atomic E-state index is 0.250. The van der Waals surface area contributed by atoms with Gasteiger partial charge in [0, 0.05) is 36.5 Å². The highest BCUT2D eigenvalue weighted by Crippen LogP contribution is 2.31. The number of amides is 1. The van der Waals surface area contributed by atoms with Gasteiger partial charge in [0.1, 0.15) is 0 Å². The molecular weight excluding hydrogens is 391 g/mol. The number of nitrogens with zero attached hydrogens (tertiary/aromatic N) is 1. The fourth-order valence-electron chi connectivity index (χ4n) is 2.44. The summed E-state index contributed by atoms with van der Waals surface area (Å²) in [5, 5.41) is 10.1. The zero-order chi connectivity index (χ0) is 21.0. The average molecular weight is 415 g/mol. The van der Waals surface area contributed by atoms with Crippen LogP contribution < -0.4 is 11.1 Å². The number of aliphatic hydroxyl groups excluding tert-OH is 1. The van der Waals surface area contributed by atoms with Crippen molar-refractivity contribution in [2.45, 2.75) is 23.9 Å². The van der Waals surface area contributed by atoms with Crippen LogP contribution in [0.2, 0.25) is 0 Å². The molecule has 2 aromatic carbocycles. The first-order valence-electron chi connectivity index (χ1n) is 8.50. The van der Waals surface area contributed by atoms with E-state index in [0.717, 1.165) is 38.0 Å². The number of nitrogens with two attached hydrogens (primary N) is 1. The minimum atomic E-state index is -4.30. The Morgan fingerprint density at radius 3 is 1.86 bits per heavy atom. The van der Waals surface area contributed by atoms with Gasteiger partial charge in [0.05, 0.1) is 5.56 Å². The molecule has 4 N–H and O–H groups in total. The standard InChI is InChI=1S/C17H17F3N2S.CH3NO.CH4O/c18-17(19,20)13-3-5-14(6-4-13)21-15-7-9-16(10-8-15)23-22-11-1-2-12-22;2-1-3;1-2/h3-10,21H,1-2,11-12H2;1H,(H2,2,3);2H,1H3. The Hall–Kier alpha value is -2.23. The first-order chi connectivity index (χ1) is 13.4. The van der Waals surface area contributed by atoms with Gasteiger partial charge in [-0.05, 0) is 73.3 Å². The SMILES string of the molecule is CO.FC(F)(F)c1ccc(Nc2ccc(SN3CCCC3)cc2)cc1.NC=O. The molecule has 0 spiro atoms. The molecule has 5 nitrogen and oxygen atoms in total. The Morgan fingerprint density at radius 1 is 1.00 bits per heavy atom. The number of hydrogen-bond acceptors (Lipinski definition) is 5. The molecule has 3 rings (SSSR count). The summed E-state index contributed by atoms with van der Waals surface area (Å²) in [6.07, 6.45) is -1.55. The van der Waals surface area contributed by atoms with Crippen LogP contribution in [0.15, 0.2) is 53.4 Å². The molecule has 0 unspecified atom stereocenters. The maximum atomic E-state index is 12.5. The minimum Gasteiger partial charge on any atom is -0.400 e. The largest absolute Gasteiger partial charge is 0.416 e. The van der Waals surface area contributed by atoms with Crippen LogP contribution in [0.4, 0.5) is 24.5 Å². The molecule has 0 radical (unpaired) electrons. The Bertz CT molecular complexity index is 689. The zero-order valence-corrected chi connectivity index (χ0v) is 16.3. The predicted octanol–water partition coefficient (Wildman–Crippen LogP) is 4.26. The molecule has 9 heteroatoms. The summed E-state index contributed by atoms with van der Waals surface area (Å²) >= 11 is 1.75. The van der Waals surface area contributed by atoms with Crippen molar-refractivity contribution in [3.63, 3.8) is 0 Å². The lowest BCUT2D eigenvalue weighted by Gasteiger charge is -2.14. The molecule has 1 fully saturated rings. The highest BCUT2D eigenvalue weighted by atomic mass is 32.2. The topological polar surface area (TPSA) is 78.6 Å². The second kappa shape index (κ2) is 12.3. The lowest BCUT2D eigenvalue weighted by Crippen LogP contribution is -2.08. The van der Waals surface area contributed by atoms with Crippen molar-refractivity contribution in [1.82, 2.24) is 4.31 Å². The molecule has 28 heavy (non-hydrogen) atoms. The molecule has 0 saturated carbocycles. The molecule has 1 saturated heterocycles.